The van der Waals surface area contributed by atoms with Crippen molar-refractivity contribution in [1.82, 2.24) is 0 Å². The summed E-state index contributed by atoms with van der Waals surface area (Å²) in [6.07, 6.45) is -19.0. The molecule has 0 nitrogen and oxygen atoms in total. The first kappa shape index (κ1) is 17.7. The zero-order valence-electron chi connectivity index (χ0n) is 8.44. The van der Waals surface area contributed by atoms with Crippen LogP contribution < -0.4 is 0 Å². The van der Waals surface area contributed by atoms with Crippen LogP contribution in [0.25, 0.3) is 0 Å². The minimum Gasteiger partial charge on any atom is -0.199 e. The molecule has 0 fully saturated rings. The van der Waals surface area contributed by atoms with Gasteiger partial charge >= 0.3 is 24.4 Å². The van der Waals surface area contributed by atoms with Crippen LogP contribution >= 0.6 is 0 Å². The molecule has 112 valence electrons. The van der Waals surface area contributed by atoms with Gasteiger partial charge < -0.3 is 0 Å². The Labute approximate surface area is 97.7 Å². The average molecular weight is 308 g/mol. The van der Waals surface area contributed by atoms with Crippen LogP contribution in [-0.2, 0) is 0 Å². The molecule has 0 saturated carbocycles. The Morgan fingerprint density at radius 3 is 1.21 bits per heavy atom. The van der Waals surface area contributed by atoms with Crippen molar-refractivity contribution in [3.8, 4) is 0 Å². The van der Waals surface area contributed by atoms with Gasteiger partial charge in [-0.15, -0.1) is 6.58 Å². The highest BCUT2D eigenvalue weighted by molar-refractivity contribution is 5.23. The fourth-order valence-corrected chi connectivity index (χ4v) is 1.17. The van der Waals surface area contributed by atoms with Crippen molar-refractivity contribution in [2.24, 2.45) is 5.41 Å². The van der Waals surface area contributed by atoms with E-state index in [1.807, 2.05) is 6.58 Å². The van der Waals surface area contributed by atoms with E-state index < -0.39 is 41.7 Å². The Kier molecular flexibility index (Phi) is 4.36. The summed E-state index contributed by atoms with van der Waals surface area (Å²) < 4.78 is 135. The van der Waals surface area contributed by atoms with E-state index in [0.717, 1.165) is 0 Å². The van der Waals surface area contributed by atoms with Gasteiger partial charge in [-0.1, -0.05) is 6.08 Å². The normalized spacial score (nSPS) is 14.3. The van der Waals surface area contributed by atoms with Crippen molar-refractivity contribution in [3.63, 3.8) is 0 Å². The van der Waals surface area contributed by atoms with Crippen molar-refractivity contribution >= 4 is 0 Å². The standard InChI is InChI=1S/C8H3F11/c1-2-5(7(14,15)16,8(17,18)19)6(12,13)3(9)4(10)11/h2H,1H2. The average Bonchev–Trinajstić information content (AvgIpc) is 2.12. The third kappa shape index (κ3) is 2.41. The Morgan fingerprint density at radius 1 is 0.737 bits per heavy atom. The van der Waals surface area contributed by atoms with Crippen LogP contribution in [-0.4, -0.2) is 18.3 Å². The van der Waals surface area contributed by atoms with Crippen LogP contribution in [0.2, 0.25) is 0 Å². The zero-order valence-corrected chi connectivity index (χ0v) is 8.44. The van der Waals surface area contributed by atoms with Gasteiger partial charge in [0.15, 0.2) is 0 Å². The van der Waals surface area contributed by atoms with E-state index in [1.54, 1.807) is 0 Å². The first-order chi connectivity index (χ1) is 8.16. The van der Waals surface area contributed by atoms with Gasteiger partial charge in [0.25, 0.3) is 0 Å². The van der Waals surface area contributed by atoms with Crippen molar-refractivity contribution in [2.45, 2.75) is 18.3 Å². The predicted octanol–water partition coefficient (Wildman–Crippen LogP) is 5.00. The van der Waals surface area contributed by atoms with Gasteiger partial charge in [-0.25, -0.2) is 0 Å². The van der Waals surface area contributed by atoms with E-state index in [1.165, 1.54) is 0 Å². The molecule has 0 aromatic carbocycles. The molecule has 0 aliphatic rings. The van der Waals surface area contributed by atoms with Gasteiger partial charge in [0, 0.05) is 0 Å². The maximum absolute atomic E-state index is 13.0. The highest BCUT2D eigenvalue weighted by atomic mass is 19.4. The summed E-state index contributed by atoms with van der Waals surface area (Å²) in [7, 11) is 0. The third-order valence-corrected chi connectivity index (χ3v) is 2.14. The molecule has 0 unspecified atom stereocenters. The van der Waals surface area contributed by atoms with E-state index in [4.69, 9.17) is 0 Å². The fourth-order valence-electron chi connectivity index (χ4n) is 1.17. The summed E-state index contributed by atoms with van der Waals surface area (Å²) in [4.78, 5) is 0. The topological polar surface area (TPSA) is 0 Å². The number of hydrogen-bond donors (Lipinski definition) is 0. The van der Waals surface area contributed by atoms with E-state index in [-0.39, 0.29) is 0 Å². The van der Waals surface area contributed by atoms with Crippen molar-refractivity contribution in [3.05, 3.63) is 24.6 Å². The van der Waals surface area contributed by atoms with E-state index in [9.17, 15) is 48.3 Å². The van der Waals surface area contributed by atoms with Gasteiger partial charge in [0.05, 0.1) is 0 Å². The number of halogens is 11. The van der Waals surface area contributed by atoms with Crippen LogP contribution in [0.15, 0.2) is 24.6 Å². The third-order valence-electron chi connectivity index (χ3n) is 2.14. The number of allylic oxidation sites excluding steroid dienone is 2. The zero-order chi connectivity index (χ0) is 15.9. The monoisotopic (exact) mass is 308 g/mol. The van der Waals surface area contributed by atoms with Gasteiger partial charge in [0.1, 0.15) is 0 Å². The molecule has 0 heterocycles. The Hall–Kier alpha value is -1.29. The van der Waals surface area contributed by atoms with Crippen LogP contribution in [0.5, 0.6) is 0 Å². The van der Waals surface area contributed by atoms with Gasteiger partial charge in [-0.2, -0.15) is 48.3 Å². The molecule has 0 N–H and O–H groups in total. The molecule has 0 atom stereocenters. The second-order valence-electron chi connectivity index (χ2n) is 3.16. The summed E-state index contributed by atoms with van der Waals surface area (Å²) in [6.45, 7) is 1.92. The molecule has 0 aliphatic heterocycles. The van der Waals surface area contributed by atoms with Crippen LogP contribution in [0, 0.1) is 5.41 Å². The van der Waals surface area contributed by atoms with Crippen LogP contribution in [0.1, 0.15) is 0 Å². The molecule has 0 radical (unpaired) electrons. The van der Waals surface area contributed by atoms with Gasteiger partial charge in [0.2, 0.25) is 11.2 Å². The van der Waals surface area contributed by atoms with Gasteiger partial charge in [-0.3, -0.25) is 0 Å². The summed E-state index contributed by atoms with van der Waals surface area (Å²) >= 11 is 0. The second-order valence-corrected chi connectivity index (χ2v) is 3.16. The predicted molar refractivity (Wildman–Crippen MR) is 40.0 cm³/mol. The maximum Gasteiger partial charge on any atom is 0.413 e. The first-order valence-electron chi connectivity index (χ1n) is 4.03. The number of rotatable bonds is 3. The molecule has 0 spiro atoms. The molecule has 0 bridgehead atoms. The summed E-state index contributed by atoms with van der Waals surface area (Å²) in [5.74, 6) is -10.7. The minimum atomic E-state index is -6.80. The minimum absolute atomic E-state index is 1.35. The summed E-state index contributed by atoms with van der Waals surface area (Å²) in [5, 5.41) is 0. The molecular weight excluding hydrogens is 305 g/mol. The van der Waals surface area contributed by atoms with Crippen molar-refractivity contribution in [2.75, 3.05) is 0 Å². The SMILES string of the molecule is C=CC(C(F)(F)F)(C(F)(F)F)C(F)(F)C(F)=C(F)F. The van der Waals surface area contributed by atoms with E-state index >= 15 is 0 Å². The largest absolute Gasteiger partial charge is 0.413 e. The molecule has 0 aromatic heterocycles. The lowest BCUT2D eigenvalue weighted by molar-refractivity contribution is -0.373. The van der Waals surface area contributed by atoms with E-state index in [2.05, 4.69) is 0 Å². The summed E-state index contributed by atoms with van der Waals surface area (Å²) in [5.41, 5.74) is -6.17. The molecule has 11 heteroatoms. The molecule has 0 aromatic rings. The molecule has 19 heavy (non-hydrogen) atoms. The number of alkyl halides is 8. The Bertz CT molecular complexity index is 364. The molecular formula is C8H3F11. The van der Waals surface area contributed by atoms with Gasteiger partial charge in [-0.05, 0) is 0 Å². The lowest BCUT2D eigenvalue weighted by Crippen LogP contribution is -2.60. The van der Waals surface area contributed by atoms with Crippen LogP contribution in [0.4, 0.5) is 48.3 Å². The molecule has 0 rings (SSSR count). The highest BCUT2D eigenvalue weighted by Gasteiger charge is 2.82. The summed E-state index contributed by atoms with van der Waals surface area (Å²) in [6, 6.07) is 0. The number of hydrogen-bond acceptors (Lipinski definition) is 0. The van der Waals surface area contributed by atoms with Crippen LogP contribution in [0.3, 0.4) is 0 Å². The maximum atomic E-state index is 13.0. The fraction of sp³-hybridized carbons (Fsp3) is 0.500. The Balaban J connectivity index is 6.51. The second kappa shape index (κ2) is 4.67. The lowest BCUT2D eigenvalue weighted by Gasteiger charge is -2.39. The Morgan fingerprint density at radius 2 is 1.05 bits per heavy atom. The first-order valence-corrected chi connectivity index (χ1v) is 4.03. The molecule has 0 amide bonds. The quantitative estimate of drug-likeness (QED) is 0.508. The molecule has 0 saturated heterocycles. The lowest BCUT2D eigenvalue weighted by atomic mass is 9.78. The van der Waals surface area contributed by atoms with Crippen molar-refractivity contribution < 1.29 is 48.3 Å². The highest BCUT2D eigenvalue weighted by Crippen LogP contribution is 2.62. The van der Waals surface area contributed by atoms with Crippen molar-refractivity contribution in [1.29, 1.82) is 0 Å². The molecule has 0 aliphatic carbocycles. The van der Waals surface area contributed by atoms with E-state index in [0.29, 0.717) is 0 Å². The smallest absolute Gasteiger partial charge is 0.199 e.